The quantitative estimate of drug-likeness (QED) is 0.196. The van der Waals surface area contributed by atoms with Crippen LogP contribution >= 0.6 is 19.3 Å². The predicted molar refractivity (Wildman–Crippen MR) is 172 cm³/mol. The summed E-state index contributed by atoms with van der Waals surface area (Å²) in [6.07, 6.45) is 1.07. The molecule has 0 aliphatic carbocycles. The third kappa shape index (κ3) is 6.00. The van der Waals surface area contributed by atoms with Crippen LogP contribution in [0.15, 0.2) is 67.0 Å². The number of alkyl halides is 1. The van der Waals surface area contributed by atoms with Crippen molar-refractivity contribution in [1.29, 1.82) is 0 Å². The molecule has 216 valence electrons. The van der Waals surface area contributed by atoms with Gasteiger partial charge in [0, 0.05) is 5.92 Å². The number of imidazole rings is 1. The van der Waals surface area contributed by atoms with Crippen molar-refractivity contribution in [1.82, 2.24) is 19.5 Å². The van der Waals surface area contributed by atoms with Crippen molar-refractivity contribution in [3.8, 4) is 11.2 Å². The summed E-state index contributed by atoms with van der Waals surface area (Å²) in [5.74, 6) is 6.43. The van der Waals surface area contributed by atoms with Gasteiger partial charge in [-0.2, -0.15) is 10.0 Å². The van der Waals surface area contributed by atoms with Crippen LogP contribution in [-0.4, -0.2) is 48.6 Å². The molecule has 2 aromatic carbocycles. The third-order valence-electron chi connectivity index (χ3n) is 8.39. The van der Waals surface area contributed by atoms with E-state index in [0.29, 0.717) is 29.6 Å². The molecule has 0 spiro atoms. The molecule has 6 nitrogen and oxygen atoms in total. The van der Waals surface area contributed by atoms with Gasteiger partial charge >= 0.3 is 0 Å². The summed E-state index contributed by atoms with van der Waals surface area (Å²) in [4.78, 5) is 13.2. The zero-order chi connectivity index (χ0) is 29.0. The van der Waals surface area contributed by atoms with Crippen LogP contribution in [-0.2, 0) is 17.6 Å². The largest absolute Gasteiger partial charge is 0.382 e. The van der Waals surface area contributed by atoms with Crippen LogP contribution in [0.5, 0.6) is 0 Å². The summed E-state index contributed by atoms with van der Waals surface area (Å²) >= 11 is 0. The van der Waals surface area contributed by atoms with Crippen molar-refractivity contribution in [2.24, 2.45) is 5.92 Å². The number of aromatic nitrogens is 4. The highest BCUT2D eigenvalue weighted by atomic mass is 32.3. The lowest BCUT2D eigenvalue weighted by Crippen LogP contribution is -2.38. The second-order valence-corrected chi connectivity index (χ2v) is 15.1. The topological polar surface area (TPSA) is 78.9 Å². The maximum Gasteiger partial charge on any atom is 0.170 e. The van der Waals surface area contributed by atoms with Crippen LogP contribution in [0, 0.1) is 17.1 Å². The molecule has 4 aromatic rings. The first-order chi connectivity index (χ1) is 19.8. The van der Waals surface area contributed by atoms with E-state index in [4.69, 9.17) is 10.5 Å². The first-order valence-electron chi connectivity index (χ1n) is 14.3. The minimum Gasteiger partial charge on any atom is -0.382 e. The van der Waals surface area contributed by atoms with Gasteiger partial charge in [0.1, 0.15) is 16.7 Å². The maximum absolute atomic E-state index is 17.0. The van der Waals surface area contributed by atoms with Gasteiger partial charge in [0.05, 0.1) is 6.33 Å². The SMILES string of the molecule is CCS(C#CC1(CCc2ccccc2)OC(n2cnc3c(N)nc(P)nc32)C(F)C1Cc1ccccc1)(CC)CC. The summed E-state index contributed by atoms with van der Waals surface area (Å²) in [5.41, 5.74) is 8.69. The van der Waals surface area contributed by atoms with Gasteiger partial charge in [-0.15, -0.1) is 0 Å². The summed E-state index contributed by atoms with van der Waals surface area (Å²) in [6.45, 7) is 6.65. The Morgan fingerprint density at radius 2 is 1.63 bits per heavy atom. The van der Waals surface area contributed by atoms with E-state index >= 15 is 4.39 Å². The first kappa shape index (κ1) is 29.5. The van der Waals surface area contributed by atoms with Crippen molar-refractivity contribution < 1.29 is 9.13 Å². The Hall–Kier alpha value is -2.98. The molecule has 2 aromatic heterocycles. The fourth-order valence-corrected chi connectivity index (χ4v) is 8.06. The van der Waals surface area contributed by atoms with Crippen molar-refractivity contribution >= 4 is 41.8 Å². The Balaban J connectivity index is 1.65. The van der Waals surface area contributed by atoms with Crippen molar-refractivity contribution in [3.63, 3.8) is 0 Å². The molecule has 0 bridgehead atoms. The first-order valence-corrected chi connectivity index (χ1v) is 17.0. The van der Waals surface area contributed by atoms with Gasteiger partial charge in [0.2, 0.25) is 0 Å². The monoisotopic (exact) mass is 591 g/mol. The van der Waals surface area contributed by atoms with Gasteiger partial charge in [-0.3, -0.25) is 4.57 Å². The molecule has 5 atom stereocenters. The molecular formula is C32H39FN5OPS. The number of hydrogen-bond donors (Lipinski definition) is 1. The molecule has 0 saturated carbocycles. The molecule has 0 radical (unpaired) electrons. The zero-order valence-electron chi connectivity index (χ0n) is 24.0. The number of anilines is 1. The lowest BCUT2D eigenvalue weighted by atomic mass is 9.78. The van der Waals surface area contributed by atoms with Crippen LogP contribution in [0.4, 0.5) is 10.2 Å². The average molecular weight is 592 g/mol. The molecule has 5 rings (SSSR count). The summed E-state index contributed by atoms with van der Waals surface area (Å²) < 4.78 is 25.6. The molecule has 2 N–H and O–H groups in total. The second-order valence-electron chi connectivity index (χ2n) is 10.6. The van der Waals surface area contributed by atoms with E-state index in [9.17, 15) is 0 Å². The fourth-order valence-electron chi connectivity index (χ4n) is 5.75. The number of rotatable bonds is 9. The van der Waals surface area contributed by atoms with Crippen LogP contribution in [0.25, 0.3) is 11.2 Å². The molecular weight excluding hydrogens is 552 g/mol. The van der Waals surface area contributed by atoms with Crippen molar-refractivity contribution in [2.75, 3.05) is 23.0 Å². The highest BCUT2D eigenvalue weighted by Gasteiger charge is 2.55. The standard InChI is InChI=1S/C32H39FN5OPS/c1-4-41(5-2,6-3)20-19-32(18-17-23-13-9-7-10-14-23)25(21-24-15-11-8-12-16-24)26(33)30(39-32)38-22-35-27-28(34)36-31(40)37-29(27)38/h7-16,22,25-26,30H,4-6,17-18,21,40H2,1-3H3,(H2,34,36,37). The molecule has 1 aliphatic heterocycles. The van der Waals surface area contributed by atoms with Crippen LogP contribution in [0.1, 0.15) is 44.5 Å². The molecule has 1 fully saturated rings. The Bertz CT molecular complexity index is 1530. The van der Waals surface area contributed by atoms with Crippen molar-refractivity contribution in [2.45, 2.75) is 58.0 Å². The number of nitrogens with zero attached hydrogens (tertiary/aromatic N) is 4. The normalized spacial score (nSPS) is 22.9. The highest BCUT2D eigenvalue weighted by Crippen LogP contribution is 2.50. The van der Waals surface area contributed by atoms with Gasteiger partial charge in [0.25, 0.3) is 0 Å². The molecule has 9 heteroatoms. The van der Waals surface area contributed by atoms with E-state index < -0.39 is 33.9 Å². The van der Waals surface area contributed by atoms with E-state index in [1.807, 2.05) is 36.4 Å². The molecule has 0 amide bonds. The number of aryl methyl sites for hydroxylation is 1. The Morgan fingerprint density at radius 1 is 1.00 bits per heavy atom. The Morgan fingerprint density at radius 3 is 2.27 bits per heavy atom. The molecule has 1 saturated heterocycles. The number of fused-ring (bicyclic) bond motifs is 1. The van der Waals surface area contributed by atoms with Gasteiger partial charge in [0.15, 0.2) is 23.9 Å². The number of ether oxygens (including phenoxy) is 1. The van der Waals surface area contributed by atoms with E-state index in [1.54, 1.807) is 10.9 Å². The van der Waals surface area contributed by atoms with Crippen LogP contribution in [0.2, 0.25) is 0 Å². The van der Waals surface area contributed by atoms with E-state index in [2.05, 4.69) is 80.4 Å². The summed E-state index contributed by atoms with van der Waals surface area (Å²) in [6, 6.07) is 20.4. The van der Waals surface area contributed by atoms with Crippen LogP contribution < -0.4 is 11.3 Å². The predicted octanol–water partition coefficient (Wildman–Crippen LogP) is 5.83. The van der Waals surface area contributed by atoms with E-state index in [-0.39, 0.29) is 5.82 Å². The molecule has 3 heterocycles. The minimum atomic E-state index is -1.35. The molecule has 41 heavy (non-hydrogen) atoms. The minimum absolute atomic E-state index is 0.255. The zero-order valence-corrected chi connectivity index (χ0v) is 25.9. The number of nitrogen functional groups attached to an aromatic ring is 1. The lowest BCUT2D eigenvalue weighted by molar-refractivity contribution is -0.0579. The fraction of sp³-hybridized carbons (Fsp3) is 0.406. The second kappa shape index (κ2) is 12.5. The third-order valence-corrected chi connectivity index (χ3v) is 12.5. The smallest absolute Gasteiger partial charge is 0.170 e. The van der Waals surface area contributed by atoms with Crippen LogP contribution in [0.3, 0.4) is 0 Å². The van der Waals surface area contributed by atoms with E-state index in [1.165, 1.54) is 5.56 Å². The number of hydrogen-bond acceptors (Lipinski definition) is 5. The van der Waals surface area contributed by atoms with Gasteiger partial charge < -0.3 is 10.5 Å². The number of halogens is 1. The average Bonchev–Trinajstić information content (AvgIpc) is 3.53. The van der Waals surface area contributed by atoms with E-state index in [0.717, 1.165) is 29.2 Å². The summed E-state index contributed by atoms with van der Waals surface area (Å²) in [7, 11) is 1.29. The number of nitrogens with two attached hydrogens (primary N) is 1. The van der Waals surface area contributed by atoms with Crippen molar-refractivity contribution in [3.05, 3.63) is 78.1 Å². The maximum atomic E-state index is 17.0. The number of benzene rings is 2. The lowest BCUT2D eigenvalue weighted by Gasteiger charge is -2.34. The highest BCUT2D eigenvalue weighted by molar-refractivity contribution is 8.37. The molecule has 5 unspecified atom stereocenters. The summed E-state index contributed by atoms with van der Waals surface area (Å²) in [5, 5.41) is 3.73. The molecule has 1 aliphatic rings. The van der Waals surface area contributed by atoms with Gasteiger partial charge in [-0.25, -0.2) is 19.3 Å². The Kier molecular flexibility index (Phi) is 8.99. The Labute approximate surface area is 246 Å². The van der Waals surface area contributed by atoms with Gasteiger partial charge in [-0.1, -0.05) is 102 Å². The van der Waals surface area contributed by atoms with Gasteiger partial charge in [-0.05, 0) is 47.6 Å².